The van der Waals surface area contributed by atoms with Gasteiger partial charge in [-0.1, -0.05) is 12.1 Å². The minimum Gasteiger partial charge on any atom is -0.343 e. The third-order valence-corrected chi connectivity index (χ3v) is 3.30. The fourth-order valence-corrected chi connectivity index (χ4v) is 2.15. The van der Waals surface area contributed by atoms with Crippen LogP contribution in [0.5, 0.6) is 0 Å². The molecule has 20 heavy (non-hydrogen) atoms. The van der Waals surface area contributed by atoms with Crippen molar-refractivity contribution in [3.05, 3.63) is 35.4 Å². The molecule has 6 heteroatoms. The maximum atomic E-state index is 12.1. The molecule has 0 spiro atoms. The first-order valence-electron chi connectivity index (χ1n) is 6.39. The van der Waals surface area contributed by atoms with Gasteiger partial charge in [0.05, 0.1) is 17.2 Å². The van der Waals surface area contributed by atoms with Crippen LogP contribution in [-0.4, -0.2) is 53.7 Å². The zero-order valence-electron chi connectivity index (χ0n) is 11.5. The monoisotopic (exact) mass is 275 g/mol. The van der Waals surface area contributed by atoms with Crippen LogP contribution in [-0.2, 0) is 4.79 Å². The smallest absolute Gasteiger partial charge is 0.261 e. The lowest BCUT2D eigenvalue weighted by Gasteiger charge is -2.22. The SMILES string of the molecule is C[C@@H](N)C(=O)N(C)CCN1C(=O)c2ccccc2C1=O. The minimum absolute atomic E-state index is 0.168. The lowest BCUT2D eigenvalue weighted by atomic mass is 10.1. The number of nitrogens with two attached hydrogens (primary N) is 1. The third kappa shape index (κ3) is 2.42. The summed E-state index contributed by atoms with van der Waals surface area (Å²) in [5.74, 6) is -0.846. The Kier molecular flexibility index (Phi) is 3.85. The summed E-state index contributed by atoms with van der Waals surface area (Å²) >= 11 is 0. The topological polar surface area (TPSA) is 83.7 Å². The number of rotatable bonds is 4. The number of fused-ring (bicyclic) bond motifs is 1. The van der Waals surface area contributed by atoms with Crippen molar-refractivity contribution in [3.63, 3.8) is 0 Å². The quantitative estimate of drug-likeness (QED) is 0.789. The zero-order chi connectivity index (χ0) is 14.9. The van der Waals surface area contributed by atoms with E-state index in [1.54, 1.807) is 38.2 Å². The van der Waals surface area contributed by atoms with Crippen molar-refractivity contribution < 1.29 is 14.4 Å². The molecular formula is C14H17N3O3. The summed E-state index contributed by atoms with van der Waals surface area (Å²) in [6, 6.07) is 6.11. The molecule has 0 saturated heterocycles. The number of imide groups is 1. The lowest BCUT2D eigenvalue weighted by Crippen LogP contribution is -2.44. The second kappa shape index (κ2) is 5.42. The highest BCUT2D eigenvalue weighted by molar-refractivity contribution is 6.21. The van der Waals surface area contributed by atoms with Crippen LogP contribution in [0, 0.1) is 0 Å². The van der Waals surface area contributed by atoms with E-state index in [9.17, 15) is 14.4 Å². The Morgan fingerprint density at radius 3 is 2.20 bits per heavy atom. The molecule has 1 aromatic carbocycles. The van der Waals surface area contributed by atoms with Gasteiger partial charge in [-0.25, -0.2) is 0 Å². The highest BCUT2D eigenvalue weighted by Crippen LogP contribution is 2.21. The number of hydrogen-bond acceptors (Lipinski definition) is 4. The van der Waals surface area contributed by atoms with E-state index in [-0.39, 0.29) is 30.8 Å². The molecule has 1 aromatic rings. The molecule has 1 aliphatic rings. The predicted molar refractivity (Wildman–Crippen MR) is 73.1 cm³/mol. The summed E-state index contributed by atoms with van der Waals surface area (Å²) in [5.41, 5.74) is 6.34. The lowest BCUT2D eigenvalue weighted by molar-refractivity contribution is -0.130. The highest BCUT2D eigenvalue weighted by atomic mass is 16.2. The van der Waals surface area contributed by atoms with E-state index in [4.69, 9.17) is 5.73 Å². The van der Waals surface area contributed by atoms with Crippen LogP contribution in [0.4, 0.5) is 0 Å². The number of nitrogens with zero attached hydrogens (tertiary/aromatic N) is 2. The minimum atomic E-state index is -0.595. The average molecular weight is 275 g/mol. The molecule has 6 nitrogen and oxygen atoms in total. The van der Waals surface area contributed by atoms with Gasteiger partial charge in [-0.3, -0.25) is 19.3 Å². The van der Waals surface area contributed by atoms with Crippen molar-refractivity contribution in [1.82, 2.24) is 9.80 Å². The van der Waals surface area contributed by atoms with Gasteiger partial charge in [0.25, 0.3) is 11.8 Å². The third-order valence-electron chi connectivity index (χ3n) is 3.30. The molecule has 3 amide bonds. The van der Waals surface area contributed by atoms with E-state index < -0.39 is 6.04 Å². The maximum absolute atomic E-state index is 12.1. The highest BCUT2D eigenvalue weighted by Gasteiger charge is 2.35. The van der Waals surface area contributed by atoms with Crippen LogP contribution in [0.25, 0.3) is 0 Å². The van der Waals surface area contributed by atoms with Crippen LogP contribution < -0.4 is 5.73 Å². The van der Waals surface area contributed by atoms with Gasteiger partial charge in [0, 0.05) is 20.1 Å². The first kappa shape index (κ1) is 14.2. The van der Waals surface area contributed by atoms with E-state index in [1.165, 1.54) is 4.90 Å². The normalized spacial score (nSPS) is 15.2. The largest absolute Gasteiger partial charge is 0.343 e. The summed E-state index contributed by atoms with van der Waals surface area (Å²) in [7, 11) is 1.60. The van der Waals surface area contributed by atoms with Crippen LogP contribution in [0.15, 0.2) is 24.3 Å². The van der Waals surface area contributed by atoms with Crippen LogP contribution in [0.2, 0.25) is 0 Å². The molecule has 1 atom stereocenters. The van der Waals surface area contributed by atoms with Gasteiger partial charge in [0.1, 0.15) is 0 Å². The molecule has 2 N–H and O–H groups in total. The zero-order valence-corrected chi connectivity index (χ0v) is 11.5. The molecule has 0 aliphatic carbocycles. The molecule has 106 valence electrons. The van der Waals surface area contributed by atoms with Gasteiger partial charge >= 0.3 is 0 Å². The van der Waals surface area contributed by atoms with Crippen molar-refractivity contribution in [1.29, 1.82) is 0 Å². The van der Waals surface area contributed by atoms with Gasteiger partial charge < -0.3 is 10.6 Å². The van der Waals surface area contributed by atoms with Crippen molar-refractivity contribution in [2.24, 2.45) is 5.73 Å². The molecule has 0 saturated carbocycles. The molecule has 0 bridgehead atoms. The summed E-state index contributed by atoms with van der Waals surface area (Å²) in [4.78, 5) is 38.4. The first-order chi connectivity index (χ1) is 9.43. The molecule has 1 heterocycles. The number of likely N-dealkylation sites (N-methyl/N-ethyl adjacent to an activating group) is 1. The van der Waals surface area contributed by atoms with Crippen molar-refractivity contribution >= 4 is 17.7 Å². The van der Waals surface area contributed by atoms with Gasteiger partial charge in [-0.05, 0) is 19.1 Å². The predicted octanol–water partition coefficient (Wildman–Crippen LogP) is 0.0882. The number of carbonyl (C=O) groups excluding carboxylic acids is 3. The number of amides is 3. The van der Waals surface area contributed by atoms with Crippen molar-refractivity contribution in [2.75, 3.05) is 20.1 Å². The molecule has 0 unspecified atom stereocenters. The van der Waals surface area contributed by atoms with Crippen LogP contribution >= 0.6 is 0 Å². The van der Waals surface area contributed by atoms with Gasteiger partial charge in [0.15, 0.2) is 0 Å². The molecule has 1 aliphatic heterocycles. The Labute approximate surface area is 117 Å². The van der Waals surface area contributed by atoms with E-state index in [2.05, 4.69) is 0 Å². The molecule has 0 fully saturated rings. The molecular weight excluding hydrogens is 258 g/mol. The van der Waals surface area contributed by atoms with E-state index >= 15 is 0 Å². The van der Waals surface area contributed by atoms with E-state index in [1.807, 2.05) is 0 Å². The standard InChI is InChI=1S/C14H17N3O3/c1-9(15)12(18)16(2)7-8-17-13(19)10-5-3-4-6-11(10)14(17)20/h3-6,9H,7-8,15H2,1-2H3/t9-/m1/s1. The Morgan fingerprint density at radius 1 is 1.25 bits per heavy atom. The second-order valence-electron chi connectivity index (χ2n) is 4.86. The van der Waals surface area contributed by atoms with Gasteiger partial charge in [-0.2, -0.15) is 0 Å². The van der Waals surface area contributed by atoms with E-state index in [0.717, 1.165) is 4.90 Å². The first-order valence-corrected chi connectivity index (χ1v) is 6.39. The van der Waals surface area contributed by atoms with Gasteiger partial charge in [-0.15, -0.1) is 0 Å². The molecule has 0 aromatic heterocycles. The summed E-state index contributed by atoms with van der Waals surface area (Å²) in [5, 5.41) is 0. The Morgan fingerprint density at radius 2 is 1.75 bits per heavy atom. The summed E-state index contributed by atoms with van der Waals surface area (Å²) in [6.07, 6.45) is 0. The fraction of sp³-hybridized carbons (Fsp3) is 0.357. The van der Waals surface area contributed by atoms with Crippen LogP contribution in [0.1, 0.15) is 27.6 Å². The van der Waals surface area contributed by atoms with E-state index in [0.29, 0.717) is 11.1 Å². The Bertz CT molecular complexity index is 534. The van der Waals surface area contributed by atoms with Crippen molar-refractivity contribution in [3.8, 4) is 0 Å². The van der Waals surface area contributed by atoms with Gasteiger partial charge in [0.2, 0.25) is 5.91 Å². The fourth-order valence-electron chi connectivity index (χ4n) is 2.15. The number of hydrogen-bond donors (Lipinski definition) is 1. The number of benzene rings is 1. The summed E-state index contributed by atoms with van der Waals surface area (Å²) in [6.45, 7) is 2.04. The second-order valence-corrected chi connectivity index (χ2v) is 4.86. The molecule has 2 rings (SSSR count). The Balaban J connectivity index is 2.05. The summed E-state index contributed by atoms with van der Waals surface area (Å²) < 4.78 is 0. The van der Waals surface area contributed by atoms with Crippen LogP contribution in [0.3, 0.4) is 0 Å². The molecule has 0 radical (unpaired) electrons. The van der Waals surface area contributed by atoms with Crippen molar-refractivity contribution in [2.45, 2.75) is 13.0 Å². The number of carbonyl (C=O) groups is 3. The maximum Gasteiger partial charge on any atom is 0.261 e. The average Bonchev–Trinajstić information content (AvgIpc) is 2.68. The Hall–Kier alpha value is -2.21.